The molecule has 0 amide bonds. The van der Waals surface area contributed by atoms with E-state index < -0.39 is 0 Å². The van der Waals surface area contributed by atoms with E-state index >= 15 is 0 Å². The molecule has 2 aromatic carbocycles. The summed E-state index contributed by atoms with van der Waals surface area (Å²) < 4.78 is 15.6. The van der Waals surface area contributed by atoms with Crippen LogP contribution in [0.1, 0.15) is 15.9 Å². The number of ether oxygens (including phenoxy) is 3. The molecule has 114 valence electrons. The van der Waals surface area contributed by atoms with Gasteiger partial charge in [0.05, 0.1) is 21.3 Å². The number of methoxy groups -OCH3 is 3. The molecule has 0 bridgehead atoms. The summed E-state index contributed by atoms with van der Waals surface area (Å²) in [6, 6.07) is 12.5. The molecule has 2 rings (SSSR count). The number of hydrogen-bond donors (Lipinski definition) is 0. The lowest BCUT2D eigenvalue weighted by molar-refractivity contribution is 0.104. The monoisotopic (exact) mass is 298 g/mol. The van der Waals surface area contributed by atoms with Gasteiger partial charge >= 0.3 is 0 Å². The van der Waals surface area contributed by atoms with Crippen molar-refractivity contribution in [2.75, 3.05) is 21.3 Å². The van der Waals surface area contributed by atoms with Gasteiger partial charge in [-0.15, -0.1) is 0 Å². The zero-order valence-corrected chi connectivity index (χ0v) is 12.8. The molecule has 2 aromatic rings. The van der Waals surface area contributed by atoms with Gasteiger partial charge in [0.15, 0.2) is 5.78 Å². The number of hydrogen-bond acceptors (Lipinski definition) is 4. The van der Waals surface area contributed by atoms with Gasteiger partial charge in [-0.3, -0.25) is 4.79 Å². The van der Waals surface area contributed by atoms with Crippen LogP contribution in [-0.2, 0) is 0 Å². The van der Waals surface area contributed by atoms with Gasteiger partial charge in [-0.05, 0) is 36.4 Å². The Hall–Kier alpha value is -2.75. The third-order valence-electron chi connectivity index (χ3n) is 3.21. The average Bonchev–Trinajstić information content (AvgIpc) is 2.59. The quantitative estimate of drug-likeness (QED) is 0.603. The fourth-order valence-electron chi connectivity index (χ4n) is 1.99. The molecule has 4 heteroatoms. The fourth-order valence-corrected chi connectivity index (χ4v) is 1.99. The maximum atomic E-state index is 12.2. The van der Waals surface area contributed by atoms with Crippen LogP contribution >= 0.6 is 0 Å². The molecule has 0 saturated carbocycles. The molecule has 0 radical (unpaired) electrons. The van der Waals surface area contributed by atoms with Crippen LogP contribution in [0, 0.1) is 0 Å². The first-order valence-electron chi connectivity index (χ1n) is 6.76. The largest absolute Gasteiger partial charge is 0.497 e. The number of ketones is 1. The highest BCUT2D eigenvalue weighted by Gasteiger charge is 2.05. The number of benzene rings is 2. The Balaban J connectivity index is 2.22. The molecule has 0 aliphatic heterocycles. The zero-order valence-electron chi connectivity index (χ0n) is 12.8. The molecule has 0 heterocycles. The minimum Gasteiger partial charge on any atom is -0.497 e. The van der Waals surface area contributed by atoms with E-state index in [-0.39, 0.29) is 5.78 Å². The molecule has 22 heavy (non-hydrogen) atoms. The highest BCUT2D eigenvalue weighted by atomic mass is 16.5. The maximum Gasteiger partial charge on any atom is 0.185 e. The molecule has 0 aliphatic carbocycles. The second-order valence-corrected chi connectivity index (χ2v) is 4.54. The van der Waals surface area contributed by atoms with Gasteiger partial charge in [-0.25, -0.2) is 0 Å². The van der Waals surface area contributed by atoms with Crippen molar-refractivity contribution >= 4 is 11.9 Å². The molecular formula is C18H18O4. The predicted molar refractivity (Wildman–Crippen MR) is 85.9 cm³/mol. The molecule has 0 saturated heterocycles. The summed E-state index contributed by atoms with van der Waals surface area (Å²) in [5.74, 6) is 1.90. The highest BCUT2D eigenvalue weighted by molar-refractivity contribution is 6.07. The first-order valence-corrected chi connectivity index (χ1v) is 6.76. The zero-order chi connectivity index (χ0) is 15.9. The minimum atomic E-state index is -0.100. The van der Waals surface area contributed by atoms with Gasteiger partial charge in [0.1, 0.15) is 17.2 Å². The SMILES string of the molecule is COc1cccc(C(=O)/C=C/c2ccc(OC)cc2OC)c1. The Morgan fingerprint density at radius 3 is 2.32 bits per heavy atom. The molecule has 0 spiro atoms. The Kier molecular flexibility index (Phi) is 5.20. The fraction of sp³-hybridized carbons (Fsp3) is 0.167. The van der Waals surface area contributed by atoms with Gasteiger partial charge in [0.2, 0.25) is 0 Å². The number of allylic oxidation sites excluding steroid dienone is 1. The maximum absolute atomic E-state index is 12.2. The summed E-state index contributed by atoms with van der Waals surface area (Å²) in [4.78, 5) is 12.2. The molecular weight excluding hydrogens is 280 g/mol. The summed E-state index contributed by atoms with van der Waals surface area (Å²) in [5.41, 5.74) is 1.38. The van der Waals surface area contributed by atoms with E-state index in [1.54, 1.807) is 57.7 Å². The highest BCUT2D eigenvalue weighted by Crippen LogP contribution is 2.25. The summed E-state index contributed by atoms with van der Waals surface area (Å²) in [6.07, 6.45) is 3.24. The summed E-state index contributed by atoms with van der Waals surface area (Å²) >= 11 is 0. The van der Waals surface area contributed by atoms with Crippen LogP contribution in [-0.4, -0.2) is 27.1 Å². The molecule has 0 atom stereocenters. The van der Waals surface area contributed by atoms with E-state index in [1.165, 1.54) is 6.08 Å². The van der Waals surface area contributed by atoms with Crippen LogP contribution in [0.2, 0.25) is 0 Å². The normalized spacial score (nSPS) is 10.5. The second kappa shape index (κ2) is 7.31. The van der Waals surface area contributed by atoms with Crippen LogP contribution in [0.4, 0.5) is 0 Å². The van der Waals surface area contributed by atoms with Crippen LogP contribution in [0.5, 0.6) is 17.2 Å². The number of rotatable bonds is 6. The predicted octanol–water partition coefficient (Wildman–Crippen LogP) is 3.61. The Morgan fingerprint density at radius 1 is 0.909 bits per heavy atom. The molecule has 4 nitrogen and oxygen atoms in total. The van der Waals surface area contributed by atoms with Crippen molar-refractivity contribution in [2.45, 2.75) is 0 Å². The van der Waals surface area contributed by atoms with Crippen molar-refractivity contribution in [3.8, 4) is 17.2 Å². The van der Waals surface area contributed by atoms with Crippen molar-refractivity contribution < 1.29 is 19.0 Å². The molecule has 0 N–H and O–H groups in total. The van der Waals surface area contributed by atoms with Gasteiger partial charge in [-0.1, -0.05) is 12.1 Å². The molecule has 0 aliphatic rings. The standard InChI is InChI=1S/C18H18O4/c1-20-15-6-4-5-14(11-15)17(19)10-8-13-7-9-16(21-2)12-18(13)22-3/h4-12H,1-3H3/b10-8+. The summed E-state index contributed by atoms with van der Waals surface area (Å²) in [6.45, 7) is 0. The van der Waals surface area contributed by atoms with Gasteiger partial charge in [-0.2, -0.15) is 0 Å². The van der Waals surface area contributed by atoms with Gasteiger partial charge in [0, 0.05) is 17.2 Å². The van der Waals surface area contributed by atoms with E-state index in [0.717, 1.165) is 5.56 Å². The first kappa shape index (κ1) is 15.6. The summed E-state index contributed by atoms with van der Waals surface area (Å²) in [5, 5.41) is 0. The average molecular weight is 298 g/mol. The van der Waals surface area contributed by atoms with Crippen molar-refractivity contribution in [1.82, 2.24) is 0 Å². The topological polar surface area (TPSA) is 44.8 Å². The lowest BCUT2D eigenvalue weighted by atomic mass is 10.1. The Morgan fingerprint density at radius 2 is 1.64 bits per heavy atom. The molecule has 0 fully saturated rings. The van der Waals surface area contributed by atoms with Crippen molar-refractivity contribution in [3.05, 3.63) is 59.7 Å². The van der Waals surface area contributed by atoms with Crippen LogP contribution in [0.25, 0.3) is 6.08 Å². The van der Waals surface area contributed by atoms with Crippen molar-refractivity contribution in [3.63, 3.8) is 0 Å². The lowest BCUT2D eigenvalue weighted by Gasteiger charge is -2.07. The molecule has 0 aromatic heterocycles. The first-order chi connectivity index (χ1) is 10.7. The smallest absolute Gasteiger partial charge is 0.185 e. The third-order valence-corrected chi connectivity index (χ3v) is 3.21. The second-order valence-electron chi connectivity index (χ2n) is 4.54. The minimum absolute atomic E-state index is 0.100. The van der Waals surface area contributed by atoms with E-state index in [4.69, 9.17) is 14.2 Å². The Labute approximate surface area is 129 Å². The lowest BCUT2D eigenvalue weighted by Crippen LogP contribution is -1.95. The number of carbonyl (C=O) groups excluding carboxylic acids is 1. The van der Waals surface area contributed by atoms with Crippen molar-refractivity contribution in [1.29, 1.82) is 0 Å². The molecule has 0 unspecified atom stereocenters. The van der Waals surface area contributed by atoms with Crippen LogP contribution in [0.3, 0.4) is 0 Å². The van der Waals surface area contributed by atoms with Gasteiger partial charge in [0.25, 0.3) is 0 Å². The van der Waals surface area contributed by atoms with Crippen LogP contribution < -0.4 is 14.2 Å². The van der Waals surface area contributed by atoms with E-state index in [1.807, 2.05) is 12.1 Å². The van der Waals surface area contributed by atoms with E-state index in [2.05, 4.69) is 0 Å². The van der Waals surface area contributed by atoms with E-state index in [0.29, 0.717) is 22.8 Å². The van der Waals surface area contributed by atoms with Crippen molar-refractivity contribution in [2.24, 2.45) is 0 Å². The Bertz CT molecular complexity index is 689. The summed E-state index contributed by atoms with van der Waals surface area (Å²) in [7, 11) is 4.74. The van der Waals surface area contributed by atoms with E-state index in [9.17, 15) is 4.79 Å². The number of carbonyl (C=O) groups is 1. The van der Waals surface area contributed by atoms with Gasteiger partial charge < -0.3 is 14.2 Å². The van der Waals surface area contributed by atoms with Crippen LogP contribution in [0.15, 0.2) is 48.5 Å². The third kappa shape index (κ3) is 3.67.